The lowest BCUT2D eigenvalue weighted by molar-refractivity contribution is -0.140. The van der Waals surface area contributed by atoms with E-state index in [4.69, 9.17) is 0 Å². The van der Waals surface area contributed by atoms with Gasteiger partial charge in [-0.2, -0.15) is 0 Å². The highest BCUT2D eigenvalue weighted by atomic mass is 79.9. The molecule has 0 radical (unpaired) electrons. The van der Waals surface area contributed by atoms with E-state index >= 15 is 0 Å². The van der Waals surface area contributed by atoms with Gasteiger partial charge in [0.15, 0.2) is 0 Å². The average Bonchev–Trinajstić information content (AvgIpc) is 2.56. The number of methoxy groups -OCH3 is 1. The lowest BCUT2D eigenvalue weighted by atomic mass is 10.0. The largest absolute Gasteiger partial charge is 0.469 e. The predicted molar refractivity (Wildman–Crippen MR) is 102 cm³/mol. The molecule has 0 aromatic carbocycles. The lowest BCUT2D eigenvalue weighted by Crippen LogP contribution is -1.99. The predicted octanol–water partition coefficient (Wildman–Crippen LogP) is 7.04. The monoisotopic (exact) mass is 378 g/mol. The first-order chi connectivity index (χ1) is 10.8. The molecule has 0 N–H and O–H groups in total. The summed E-state index contributed by atoms with van der Waals surface area (Å²) in [6.07, 6.45) is 17.9. The van der Waals surface area contributed by atoms with Gasteiger partial charge in [-0.15, -0.1) is 0 Å². The van der Waals surface area contributed by atoms with Crippen molar-refractivity contribution in [2.45, 2.75) is 104 Å². The van der Waals surface area contributed by atoms with Crippen LogP contribution in [0.4, 0.5) is 0 Å². The second-order valence-corrected chi connectivity index (χ2v) is 6.40. The molecule has 0 heterocycles. The highest BCUT2D eigenvalue weighted by Gasteiger charge is 1.99. The van der Waals surface area contributed by atoms with Gasteiger partial charge < -0.3 is 4.74 Å². The molecule has 0 aliphatic carbocycles. The van der Waals surface area contributed by atoms with E-state index in [2.05, 4.69) is 20.7 Å². The van der Waals surface area contributed by atoms with Crippen LogP contribution in [-0.4, -0.2) is 18.4 Å². The standard InChI is InChI=1S/C17H33BrO2.C2H6/c1-20-17(19)15-13-11-9-7-5-3-2-4-6-8-10-12-14-16-18;1-2/h2-16H2,1H3;1-2H3. The van der Waals surface area contributed by atoms with Crippen molar-refractivity contribution in [3.8, 4) is 0 Å². The topological polar surface area (TPSA) is 26.3 Å². The van der Waals surface area contributed by atoms with Gasteiger partial charge in [-0.25, -0.2) is 0 Å². The summed E-state index contributed by atoms with van der Waals surface area (Å²) < 4.78 is 4.62. The lowest BCUT2D eigenvalue weighted by Gasteiger charge is -2.03. The van der Waals surface area contributed by atoms with E-state index in [1.54, 1.807) is 0 Å². The third-order valence-electron chi connectivity index (χ3n) is 3.74. The number of carbonyl (C=O) groups excluding carboxylic acids is 1. The molecular weight excluding hydrogens is 340 g/mol. The highest BCUT2D eigenvalue weighted by molar-refractivity contribution is 9.09. The maximum atomic E-state index is 10.9. The van der Waals surface area contributed by atoms with E-state index in [1.807, 2.05) is 13.8 Å². The molecule has 0 amide bonds. The normalized spacial score (nSPS) is 10.0. The molecule has 0 atom stereocenters. The highest BCUT2D eigenvalue weighted by Crippen LogP contribution is 2.13. The van der Waals surface area contributed by atoms with Crippen molar-refractivity contribution in [1.82, 2.24) is 0 Å². The Hall–Kier alpha value is -0.0500. The Morgan fingerprint density at radius 1 is 0.682 bits per heavy atom. The molecule has 0 rings (SSSR count). The molecule has 0 saturated heterocycles. The van der Waals surface area contributed by atoms with Crippen LogP contribution in [0.15, 0.2) is 0 Å². The van der Waals surface area contributed by atoms with E-state index < -0.39 is 0 Å². The van der Waals surface area contributed by atoms with Crippen LogP contribution < -0.4 is 0 Å². The Labute approximate surface area is 147 Å². The first kappa shape index (κ1) is 24.2. The molecule has 0 bridgehead atoms. The Morgan fingerprint density at radius 2 is 1.00 bits per heavy atom. The quantitative estimate of drug-likeness (QED) is 0.173. The van der Waals surface area contributed by atoms with Crippen molar-refractivity contribution in [2.75, 3.05) is 12.4 Å². The van der Waals surface area contributed by atoms with E-state index in [9.17, 15) is 4.79 Å². The minimum Gasteiger partial charge on any atom is -0.469 e. The molecule has 0 spiro atoms. The van der Waals surface area contributed by atoms with Crippen LogP contribution in [0.25, 0.3) is 0 Å². The van der Waals surface area contributed by atoms with Crippen LogP contribution >= 0.6 is 15.9 Å². The van der Waals surface area contributed by atoms with Crippen LogP contribution in [0.5, 0.6) is 0 Å². The number of hydrogen-bond donors (Lipinski definition) is 0. The smallest absolute Gasteiger partial charge is 0.305 e. The number of hydrogen-bond acceptors (Lipinski definition) is 2. The van der Waals surface area contributed by atoms with Crippen LogP contribution in [0.3, 0.4) is 0 Å². The SMILES string of the molecule is CC.COC(=O)CCCCCCCCCCCCCCCBr. The minimum absolute atomic E-state index is 0.0684. The molecule has 3 heteroatoms. The van der Waals surface area contributed by atoms with Gasteiger partial charge in [-0.05, 0) is 12.8 Å². The molecule has 0 unspecified atom stereocenters. The Balaban J connectivity index is 0. The first-order valence-corrected chi connectivity index (χ1v) is 10.6. The fourth-order valence-electron chi connectivity index (χ4n) is 2.41. The average molecular weight is 379 g/mol. The van der Waals surface area contributed by atoms with Crippen LogP contribution in [-0.2, 0) is 9.53 Å². The Kier molecular flexibility index (Phi) is 25.5. The number of unbranched alkanes of at least 4 members (excludes halogenated alkanes) is 12. The van der Waals surface area contributed by atoms with Gasteiger partial charge in [0.25, 0.3) is 0 Å². The molecule has 134 valence electrons. The first-order valence-electron chi connectivity index (χ1n) is 9.44. The molecule has 0 aromatic heterocycles. The molecule has 0 aliphatic rings. The van der Waals surface area contributed by atoms with E-state index in [-0.39, 0.29) is 5.97 Å². The van der Waals surface area contributed by atoms with Crippen LogP contribution in [0, 0.1) is 0 Å². The van der Waals surface area contributed by atoms with Crippen molar-refractivity contribution in [2.24, 2.45) is 0 Å². The summed E-state index contributed by atoms with van der Waals surface area (Å²) in [5.74, 6) is -0.0684. The van der Waals surface area contributed by atoms with Crippen molar-refractivity contribution in [3.05, 3.63) is 0 Å². The number of ether oxygens (including phenoxy) is 1. The zero-order valence-electron chi connectivity index (χ0n) is 15.3. The van der Waals surface area contributed by atoms with Gasteiger partial charge >= 0.3 is 5.97 Å². The molecule has 0 aliphatic heterocycles. The number of halogens is 1. The van der Waals surface area contributed by atoms with Crippen molar-refractivity contribution in [1.29, 1.82) is 0 Å². The summed E-state index contributed by atoms with van der Waals surface area (Å²) in [6, 6.07) is 0. The van der Waals surface area contributed by atoms with Gasteiger partial charge in [0.1, 0.15) is 0 Å². The van der Waals surface area contributed by atoms with Crippen LogP contribution in [0.2, 0.25) is 0 Å². The number of alkyl halides is 1. The zero-order chi connectivity index (χ0) is 16.9. The maximum absolute atomic E-state index is 10.9. The van der Waals surface area contributed by atoms with Gasteiger partial charge in [-0.1, -0.05) is 100 Å². The number of rotatable bonds is 15. The van der Waals surface area contributed by atoms with Crippen molar-refractivity contribution < 1.29 is 9.53 Å². The second-order valence-electron chi connectivity index (χ2n) is 5.61. The van der Waals surface area contributed by atoms with Crippen molar-refractivity contribution in [3.63, 3.8) is 0 Å². The van der Waals surface area contributed by atoms with Crippen LogP contribution in [0.1, 0.15) is 104 Å². The molecule has 0 saturated carbocycles. The van der Waals surface area contributed by atoms with Gasteiger partial charge in [0.2, 0.25) is 0 Å². The van der Waals surface area contributed by atoms with E-state index in [0.29, 0.717) is 6.42 Å². The third-order valence-corrected chi connectivity index (χ3v) is 4.30. The summed E-state index contributed by atoms with van der Waals surface area (Å²) in [4.78, 5) is 10.9. The minimum atomic E-state index is -0.0684. The van der Waals surface area contributed by atoms with Gasteiger partial charge in [-0.3, -0.25) is 4.79 Å². The summed E-state index contributed by atoms with van der Waals surface area (Å²) in [6.45, 7) is 4.00. The fourth-order valence-corrected chi connectivity index (χ4v) is 2.81. The maximum Gasteiger partial charge on any atom is 0.305 e. The second kappa shape index (κ2) is 23.2. The molecule has 22 heavy (non-hydrogen) atoms. The molecule has 2 nitrogen and oxygen atoms in total. The Bertz CT molecular complexity index is 208. The summed E-state index contributed by atoms with van der Waals surface area (Å²) in [5.41, 5.74) is 0. The summed E-state index contributed by atoms with van der Waals surface area (Å²) in [7, 11) is 1.46. The number of esters is 1. The van der Waals surface area contributed by atoms with Gasteiger partial charge in [0.05, 0.1) is 7.11 Å². The van der Waals surface area contributed by atoms with E-state index in [0.717, 1.165) is 11.8 Å². The zero-order valence-corrected chi connectivity index (χ0v) is 16.9. The van der Waals surface area contributed by atoms with Gasteiger partial charge in [0, 0.05) is 11.8 Å². The molecule has 0 aromatic rings. The third kappa shape index (κ3) is 22.2. The summed E-state index contributed by atoms with van der Waals surface area (Å²) >= 11 is 3.47. The molecule has 0 fully saturated rings. The fraction of sp³-hybridized carbons (Fsp3) is 0.947. The Morgan fingerprint density at radius 3 is 1.32 bits per heavy atom. The summed E-state index contributed by atoms with van der Waals surface area (Å²) in [5, 5.41) is 1.16. The van der Waals surface area contributed by atoms with E-state index in [1.165, 1.54) is 84.2 Å². The molecular formula is C19H39BrO2. The van der Waals surface area contributed by atoms with Crippen molar-refractivity contribution >= 4 is 21.9 Å². The number of carbonyl (C=O) groups is 1.